The molecule has 3 aliphatic heterocycles. The number of ether oxygens (including phenoxy) is 1. The Labute approximate surface area is 114 Å². The van der Waals surface area contributed by atoms with E-state index in [1.54, 1.807) is 24.3 Å². The van der Waals surface area contributed by atoms with Gasteiger partial charge < -0.3 is 4.74 Å². The summed E-state index contributed by atoms with van der Waals surface area (Å²) in [4.78, 5) is 26.1. The second-order valence-corrected chi connectivity index (χ2v) is 5.43. The number of rotatable bonds is 1. The molecule has 4 nitrogen and oxygen atoms in total. The molecule has 0 aromatic heterocycles. The van der Waals surface area contributed by atoms with Gasteiger partial charge in [0.15, 0.2) is 0 Å². The maximum absolute atomic E-state index is 12.4. The number of imide groups is 1. The molecule has 4 rings (SSSR count). The molecule has 0 radical (unpaired) electrons. The van der Waals surface area contributed by atoms with Crippen LogP contribution in [0.3, 0.4) is 0 Å². The van der Waals surface area contributed by atoms with Crippen LogP contribution in [0, 0.1) is 11.8 Å². The number of fused-ring (bicyclic) bond motifs is 5. The van der Waals surface area contributed by atoms with Crippen molar-refractivity contribution in [3.8, 4) is 0 Å². The van der Waals surface area contributed by atoms with Gasteiger partial charge in [-0.05, 0) is 24.3 Å². The van der Waals surface area contributed by atoms with Gasteiger partial charge in [-0.1, -0.05) is 23.8 Å². The third-order valence-electron chi connectivity index (χ3n) is 4.00. The fraction of sp³-hybridized carbons (Fsp3) is 0.286. The lowest BCUT2D eigenvalue weighted by molar-refractivity contribution is -0.124. The van der Waals surface area contributed by atoms with Gasteiger partial charge in [0.2, 0.25) is 11.8 Å². The van der Waals surface area contributed by atoms with E-state index in [0.29, 0.717) is 10.7 Å². The Morgan fingerprint density at radius 1 is 0.947 bits per heavy atom. The van der Waals surface area contributed by atoms with E-state index in [1.165, 1.54) is 4.90 Å². The zero-order chi connectivity index (χ0) is 13.1. The monoisotopic (exact) mass is 275 g/mol. The summed E-state index contributed by atoms with van der Waals surface area (Å²) in [5.74, 6) is -1.07. The van der Waals surface area contributed by atoms with Crippen molar-refractivity contribution in [1.29, 1.82) is 0 Å². The number of hydrogen-bond donors (Lipinski definition) is 0. The molecule has 5 heteroatoms. The van der Waals surface area contributed by atoms with Gasteiger partial charge in [0, 0.05) is 5.02 Å². The first-order chi connectivity index (χ1) is 9.16. The number of halogens is 1. The zero-order valence-electron chi connectivity index (χ0n) is 9.82. The Morgan fingerprint density at radius 2 is 1.47 bits per heavy atom. The zero-order valence-corrected chi connectivity index (χ0v) is 10.6. The summed E-state index contributed by atoms with van der Waals surface area (Å²) in [6, 6.07) is 6.73. The third kappa shape index (κ3) is 1.38. The minimum Gasteiger partial charge on any atom is -0.365 e. The number of amides is 2. The SMILES string of the molecule is O=C1[C@H]2[C@H](C(=O)N1c1ccc(Cl)cc1)[C@H]1C=C[C@H]2O1. The van der Waals surface area contributed by atoms with E-state index in [4.69, 9.17) is 16.3 Å². The van der Waals surface area contributed by atoms with E-state index in [2.05, 4.69) is 0 Å². The summed E-state index contributed by atoms with van der Waals surface area (Å²) < 4.78 is 5.58. The molecule has 3 heterocycles. The highest BCUT2D eigenvalue weighted by Crippen LogP contribution is 2.46. The summed E-state index contributed by atoms with van der Waals surface area (Å²) >= 11 is 5.82. The number of benzene rings is 1. The predicted octanol–water partition coefficient (Wildman–Crippen LogP) is 1.78. The van der Waals surface area contributed by atoms with Crippen LogP contribution in [-0.4, -0.2) is 24.0 Å². The quantitative estimate of drug-likeness (QED) is 0.580. The van der Waals surface area contributed by atoms with E-state index in [9.17, 15) is 9.59 Å². The molecule has 4 atom stereocenters. The highest BCUT2D eigenvalue weighted by Gasteiger charge is 2.60. The van der Waals surface area contributed by atoms with Gasteiger partial charge in [-0.2, -0.15) is 0 Å². The maximum Gasteiger partial charge on any atom is 0.240 e. The second kappa shape index (κ2) is 3.68. The molecule has 2 bridgehead atoms. The topological polar surface area (TPSA) is 46.6 Å². The first kappa shape index (κ1) is 11.2. The molecule has 3 aliphatic rings. The minimum atomic E-state index is -0.363. The molecule has 1 aromatic rings. The van der Waals surface area contributed by atoms with E-state index in [-0.39, 0.29) is 35.9 Å². The van der Waals surface area contributed by atoms with Crippen LogP contribution in [0.2, 0.25) is 5.02 Å². The summed E-state index contributed by atoms with van der Waals surface area (Å²) in [5, 5.41) is 0.577. The Kier molecular flexibility index (Phi) is 2.17. The standard InChI is InChI=1S/C14H10ClNO3/c15-7-1-3-8(4-2-7)16-13(17)11-9-5-6-10(19-9)12(11)14(16)18/h1-6,9-12H/t9-,10-,11-,12-/m1/s1. The number of nitrogens with zero attached hydrogens (tertiary/aromatic N) is 1. The van der Waals surface area contributed by atoms with Crippen LogP contribution in [0.4, 0.5) is 5.69 Å². The van der Waals surface area contributed by atoms with Crippen molar-refractivity contribution < 1.29 is 14.3 Å². The van der Waals surface area contributed by atoms with E-state index >= 15 is 0 Å². The van der Waals surface area contributed by atoms with Gasteiger partial charge in [0.05, 0.1) is 29.7 Å². The fourth-order valence-corrected chi connectivity index (χ4v) is 3.27. The molecular formula is C14H10ClNO3. The average Bonchev–Trinajstić information content (AvgIpc) is 3.06. The van der Waals surface area contributed by atoms with E-state index < -0.39 is 0 Å². The molecule has 0 spiro atoms. The van der Waals surface area contributed by atoms with Crippen LogP contribution in [0.1, 0.15) is 0 Å². The molecule has 96 valence electrons. The molecule has 0 unspecified atom stereocenters. The lowest BCUT2D eigenvalue weighted by Crippen LogP contribution is -2.34. The fourth-order valence-electron chi connectivity index (χ4n) is 3.15. The third-order valence-corrected chi connectivity index (χ3v) is 4.25. The molecule has 0 N–H and O–H groups in total. The minimum absolute atomic E-state index is 0.172. The molecule has 2 amide bonds. The predicted molar refractivity (Wildman–Crippen MR) is 68.7 cm³/mol. The molecular weight excluding hydrogens is 266 g/mol. The first-order valence-corrected chi connectivity index (χ1v) is 6.52. The first-order valence-electron chi connectivity index (χ1n) is 6.14. The molecule has 1 aromatic carbocycles. The number of carbonyl (C=O) groups excluding carboxylic acids is 2. The maximum atomic E-state index is 12.4. The smallest absolute Gasteiger partial charge is 0.240 e. The van der Waals surface area contributed by atoms with Gasteiger partial charge in [-0.15, -0.1) is 0 Å². The van der Waals surface area contributed by atoms with Gasteiger partial charge in [0.1, 0.15) is 0 Å². The van der Waals surface area contributed by atoms with Crippen molar-refractivity contribution in [2.75, 3.05) is 4.90 Å². The van der Waals surface area contributed by atoms with Crippen molar-refractivity contribution in [2.24, 2.45) is 11.8 Å². The Bertz CT molecular complexity index is 580. The summed E-state index contributed by atoms with van der Waals surface area (Å²) in [6.45, 7) is 0. The molecule has 19 heavy (non-hydrogen) atoms. The summed E-state index contributed by atoms with van der Waals surface area (Å²) in [5.41, 5.74) is 0.577. The largest absolute Gasteiger partial charge is 0.365 e. The van der Waals surface area contributed by atoms with E-state index in [0.717, 1.165) is 0 Å². The Morgan fingerprint density at radius 3 is 2.00 bits per heavy atom. The van der Waals surface area contributed by atoms with Crippen LogP contribution in [0.15, 0.2) is 36.4 Å². The van der Waals surface area contributed by atoms with Gasteiger partial charge in [0.25, 0.3) is 0 Å². The molecule has 0 saturated carbocycles. The molecule has 2 saturated heterocycles. The van der Waals surface area contributed by atoms with Crippen molar-refractivity contribution in [1.82, 2.24) is 0 Å². The van der Waals surface area contributed by atoms with Crippen molar-refractivity contribution >= 4 is 29.1 Å². The van der Waals surface area contributed by atoms with Crippen LogP contribution in [0.25, 0.3) is 0 Å². The van der Waals surface area contributed by atoms with E-state index in [1.807, 2.05) is 12.2 Å². The Balaban J connectivity index is 1.74. The second-order valence-electron chi connectivity index (χ2n) is 4.99. The number of anilines is 1. The van der Waals surface area contributed by atoms with Gasteiger partial charge in [-0.25, -0.2) is 4.90 Å². The average molecular weight is 276 g/mol. The van der Waals surface area contributed by atoms with Crippen LogP contribution >= 0.6 is 11.6 Å². The van der Waals surface area contributed by atoms with Crippen LogP contribution in [0.5, 0.6) is 0 Å². The van der Waals surface area contributed by atoms with Crippen molar-refractivity contribution in [3.05, 3.63) is 41.4 Å². The van der Waals surface area contributed by atoms with Crippen molar-refractivity contribution in [2.45, 2.75) is 12.2 Å². The Hall–Kier alpha value is -1.65. The summed E-state index contributed by atoms with van der Waals surface area (Å²) in [6.07, 6.45) is 3.26. The molecule has 0 aliphatic carbocycles. The van der Waals surface area contributed by atoms with Crippen LogP contribution < -0.4 is 4.90 Å². The highest BCUT2D eigenvalue weighted by atomic mass is 35.5. The van der Waals surface area contributed by atoms with Crippen LogP contribution in [-0.2, 0) is 14.3 Å². The summed E-state index contributed by atoms with van der Waals surface area (Å²) in [7, 11) is 0. The number of hydrogen-bond acceptors (Lipinski definition) is 3. The number of carbonyl (C=O) groups is 2. The normalized spacial score (nSPS) is 35.3. The van der Waals surface area contributed by atoms with Gasteiger partial charge in [-0.3, -0.25) is 9.59 Å². The van der Waals surface area contributed by atoms with Crippen molar-refractivity contribution in [3.63, 3.8) is 0 Å². The molecule has 2 fully saturated rings. The van der Waals surface area contributed by atoms with Gasteiger partial charge >= 0.3 is 0 Å². The highest BCUT2D eigenvalue weighted by molar-refractivity contribution is 6.30. The lowest BCUT2D eigenvalue weighted by atomic mass is 9.85. The lowest BCUT2D eigenvalue weighted by Gasteiger charge is -2.17.